The lowest BCUT2D eigenvalue weighted by atomic mass is 10.1. The first-order chi connectivity index (χ1) is 7.74. The van der Waals surface area contributed by atoms with Crippen LogP contribution in [-0.4, -0.2) is 23.6 Å². The standard InChI is InChI=1S/C13H18ClNS/c1-10-8-13(9-16-10)15-7-6-11-2-4-12(14)5-3-11/h2-5,10,13,15H,6-9H2,1H3. The molecule has 0 radical (unpaired) electrons. The average molecular weight is 256 g/mol. The topological polar surface area (TPSA) is 12.0 Å². The van der Waals surface area contributed by atoms with Crippen LogP contribution in [0.4, 0.5) is 0 Å². The summed E-state index contributed by atoms with van der Waals surface area (Å²) in [5.41, 5.74) is 1.36. The zero-order chi connectivity index (χ0) is 11.4. The quantitative estimate of drug-likeness (QED) is 0.886. The Morgan fingerprint density at radius 3 is 2.75 bits per heavy atom. The van der Waals surface area contributed by atoms with Crippen molar-refractivity contribution in [3.8, 4) is 0 Å². The van der Waals surface area contributed by atoms with Crippen LogP contribution in [0.5, 0.6) is 0 Å². The van der Waals surface area contributed by atoms with E-state index in [-0.39, 0.29) is 0 Å². The second-order valence-corrected chi connectivity index (χ2v) is 6.32. The van der Waals surface area contributed by atoms with Crippen LogP contribution in [0.25, 0.3) is 0 Å². The number of nitrogens with one attached hydrogen (secondary N) is 1. The molecule has 0 aliphatic carbocycles. The molecule has 1 saturated heterocycles. The summed E-state index contributed by atoms with van der Waals surface area (Å²) in [6, 6.07) is 8.85. The Kier molecular flexibility index (Phi) is 4.56. The summed E-state index contributed by atoms with van der Waals surface area (Å²) in [5, 5.41) is 5.27. The van der Waals surface area contributed by atoms with E-state index in [1.165, 1.54) is 17.7 Å². The van der Waals surface area contributed by atoms with E-state index in [1.54, 1.807) is 0 Å². The van der Waals surface area contributed by atoms with Crippen LogP contribution in [0.3, 0.4) is 0 Å². The maximum atomic E-state index is 5.85. The van der Waals surface area contributed by atoms with Crippen LogP contribution in [0.1, 0.15) is 18.9 Å². The molecule has 0 saturated carbocycles. The highest BCUT2D eigenvalue weighted by Gasteiger charge is 2.20. The smallest absolute Gasteiger partial charge is 0.0406 e. The number of thioether (sulfide) groups is 1. The van der Waals surface area contributed by atoms with Gasteiger partial charge < -0.3 is 5.32 Å². The zero-order valence-corrected chi connectivity index (χ0v) is 11.2. The van der Waals surface area contributed by atoms with E-state index in [9.17, 15) is 0 Å². The summed E-state index contributed by atoms with van der Waals surface area (Å²) in [6.07, 6.45) is 2.40. The molecule has 0 aromatic heterocycles. The molecule has 1 aliphatic heterocycles. The maximum Gasteiger partial charge on any atom is 0.0406 e. The maximum absolute atomic E-state index is 5.85. The van der Waals surface area contributed by atoms with E-state index in [0.29, 0.717) is 6.04 Å². The Morgan fingerprint density at radius 2 is 2.12 bits per heavy atom. The fourth-order valence-corrected chi connectivity index (χ4v) is 3.34. The molecule has 2 unspecified atom stereocenters. The first-order valence-corrected chi connectivity index (χ1v) is 7.26. The van der Waals surface area contributed by atoms with Gasteiger partial charge in [-0.05, 0) is 37.1 Å². The first-order valence-electron chi connectivity index (χ1n) is 5.83. The second-order valence-electron chi connectivity index (χ2n) is 4.41. The van der Waals surface area contributed by atoms with E-state index in [2.05, 4.69) is 36.1 Å². The lowest BCUT2D eigenvalue weighted by Gasteiger charge is -2.11. The molecule has 1 nitrogen and oxygen atoms in total. The average Bonchev–Trinajstić information content (AvgIpc) is 2.67. The second kappa shape index (κ2) is 5.95. The fourth-order valence-electron chi connectivity index (χ4n) is 2.03. The van der Waals surface area contributed by atoms with Gasteiger partial charge in [0.25, 0.3) is 0 Å². The molecule has 88 valence electrons. The minimum atomic E-state index is 0.715. The minimum absolute atomic E-state index is 0.715. The fraction of sp³-hybridized carbons (Fsp3) is 0.538. The van der Waals surface area contributed by atoms with E-state index in [0.717, 1.165) is 23.2 Å². The number of hydrogen-bond donors (Lipinski definition) is 1. The van der Waals surface area contributed by atoms with Crippen molar-refractivity contribution in [2.24, 2.45) is 0 Å². The molecule has 1 aromatic carbocycles. The molecule has 1 aromatic rings. The van der Waals surface area contributed by atoms with Crippen molar-refractivity contribution in [2.45, 2.75) is 31.1 Å². The number of benzene rings is 1. The summed E-state index contributed by atoms with van der Waals surface area (Å²) in [4.78, 5) is 0. The van der Waals surface area contributed by atoms with Crippen LogP contribution in [0.15, 0.2) is 24.3 Å². The van der Waals surface area contributed by atoms with Crippen molar-refractivity contribution in [1.82, 2.24) is 5.32 Å². The molecule has 3 heteroatoms. The highest BCUT2D eigenvalue weighted by Crippen LogP contribution is 2.25. The third-order valence-electron chi connectivity index (χ3n) is 2.96. The van der Waals surface area contributed by atoms with E-state index >= 15 is 0 Å². The molecule has 1 N–H and O–H groups in total. The van der Waals surface area contributed by atoms with Crippen molar-refractivity contribution in [3.63, 3.8) is 0 Å². The highest BCUT2D eigenvalue weighted by molar-refractivity contribution is 8.00. The van der Waals surface area contributed by atoms with E-state index < -0.39 is 0 Å². The Balaban J connectivity index is 1.70. The number of halogens is 1. The van der Waals surface area contributed by atoms with Gasteiger partial charge in [-0.3, -0.25) is 0 Å². The molecule has 0 bridgehead atoms. The van der Waals surface area contributed by atoms with Gasteiger partial charge in [0.05, 0.1) is 0 Å². The van der Waals surface area contributed by atoms with Crippen molar-refractivity contribution in [3.05, 3.63) is 34.9 Å². The Bertz CT molecular complexity index is 325. The summed E-state index contributed by atoms with van der Waals surface area (Å²) in [5.74, 6) is 1.27. The minimum Gasteiger partial charge on any atom is -0.313 e. The normalized spacial score (nSPS) is 24.9. The molecule has 1 fully saturated rings. The Morgan fingerprint density at radius 1 is 1.38 bits per heavy atom. The number of rotatable bonds is 4. The van der Waals surface area contributed by atoms with Gasteiger partial charge in [0, 0.05) is 22.1 Å². The van der Waals surface area contributed by atoms with Crippen LogP contribution in [0.2, 0.25) is 5.02 Å². The third kappa shape index (κ3) is 3.69. The van der Waals surface area contributed by atoms with Gasteiger partial charge in [-0.15, -0.1) is 0 Å². The number of hydrogen-bond acceptors (Lipinski definition) is 2. The summed E-state index contributed by atoms with van der Waals surface area (Å²) in [7, 11) is 0. The monoisotopic (exact) mass is 255 g/mol. The lowest BCUT2D eigenvalue weighted by molar-refractivity contribution is 0.542. The molecule has 1 aliphatic rings. The van der Waals surface area contributed by atoms with E-state index in [1.807, 2.05) is 12.1 Å². The molecule has 2 rings (SSSR count). The predicted octanol–water partition coefficient (Wildman–Crippen LogP) is 3.37. The van der Waals surface area contributed by atoms with Crippen molar-refractivity contribution < 1.29 is 0 Å². The molecular weight excluding hydrogens is 238 g/mol. The van der Waals surface area contributed by atoms with E-state index in [4.69, 9.17) is 11.6 Å². The third-order valence-corrected chi connectivity index (χ3v) is 4.57. The first kappa shape index (κ1) is 12.3. The molecule has 0 spiro atoms. The van der Waals surface area contributed by atoms with Gasteiger partial charge in [-0.25, -0.2) is 0 Å². The predicted molar refractivity (Wildman–Crippen MR) is 73.5 cm³/mol. The zero-order valence-electron chi connectivity index (χ0n) is 9.58. The van der Waals surface area contributed by atoms with Crippen molar-refractivity contribution >= 4 is 23.4 Å². The molecule has 16 heavy (non-hydrogen) atoms. The Hall–Kier alpha value is -0.180. The lowest BCUT2D eigenvalue weighted by Crippen LogP contribution is -2.30. The van der Waals surface area contributed by atoms with Crippen LogP contribution in [-0.2, 0) is 6.42 Å². The van der Waals surface area contributed by atoms with Gasteiger partial charge in [0.1, 0.15) is 0 Å². The van der Waals surface area contributed by atoms with Crippen LogP contribution in [0, 0.1) is 0 Å². The van der Waals surface area contributed by atoms with Gasteiger partial charge in [0.15, 0.2) is 0 Å². The molecule has 0 amide bonds. The van der Waals surface area contributed by atoms with Gasteiger partial charge >= 0.3 is 0 Å². The summed E-state index contributed by atoms with van der Waals surface area (Å²) < 4.78 is 0. The molecule has 1 heterocycles. The van der Waals surface area contributed by atoms with Gasteiger partial charge in [0.2, 0.25) is 0 Å². The van der Waals surface area contributed by atoms with Crippen LogP contribution >= 0.6 is 23.4 Å². The highest BCUT2D eigenvalue weighted by atomic mass is 35.5. The van der Waals surface area contributed by atoms with Gasteiger partial charge in [-0.1, -0.05) is 30.7 Å². The largest absolute Gasteiger partial charge is 0.313 e. The summed E-state index contributed by atoms with van der Waals surface area (Å²) in [6.45, 7) is 3.38. The van der Waals surface area contributed by atoms with Crippen molar-refractivity contribution in [2.75, 3.05) is 12.3 Å². The summed E-state index contributed by atoms with van der Waals surface area (Å²) >= 11 is 7.92. The van der Waals surface area contributed by atoms with Gasteiger partial charge in [-0.2, -0.15) is 11.8 Å². The molecule has 2 atom stereocenters. The van der Waals surface area contributed by atoms with Crippen molar-refractivity contribution in [1.29, 1.82) is 0 Å². The molecular formula is C13H18ClNS. The SMILES string of the molecule is CC1CC(NCCc2ccc(Cl)cc2)CS1. The Labute approximate surface area is 107 Å². The van der Waals surface area contributed by atoms with Crippen LogP contribution < -0.4 is 5.32 Å².